The van der Waals surface area contributed by atoms with Crippen molar-refractivity contribution in [1.29, 1.82) is 0 Å². The van der Waals surface area contributed by atoms with Crippen molar-refractivity contribution in [2.75, 3.05) is 20.1 Å². The Balaban J connectivity index is 1.44. The highest BCUT2D eigenvalue weighted by atomic mass is 32.1. The van der Waals surface area contributed by atoms with Crippen molar-refractivity contribution in [3.05, 3.63) is 104 Å². The maximum atomic E-state index is 14.2. The number of hydrogen-bond acceptors (Lipinski definition) is 8. The van der Waals surface area contributed by atoms with E-state index in [1.807, 2.05) is 85.3 Å². The van der Waals surface area contributed by atoms with Gasteiger partial charge in [0.05, 0.1) is 17.2 Å². The van der Waals surface area contributed by atoms with Crippen LogP contribution in [0, 0.1) is 5.92 Å². The van der Waals surface area contributed by atoms with Crippen LogP contribution < -0.4 is 5.32 Å². The van der Waals surface area contributed by atoms with Crippen molar-refractivity contribution in [3.8, 4) is 0 Å². The lowest BCUT2D eigenvalue weighted by molar-refractivity contribution is -0.135. The van der Waals surface area contributed by atoms with Gasteiger partial charge in [0.2, 0.25) is 5.91 Å². The van der Waals surface area contributed by atoms with Gasteiger partial charge >= 0.3 is 12.1 Å². The number of rotatable bonds is 16. The van der Waals surface area contributed by atoms with Crippen LogP contribution in [0.3, 0.4) is 0 Å². The van der Waals surface area contributed by atoms with E-state index in [1.165, 1.54) is 11.3 Å². The molecule has 256 valence electrons. The second-order valence-electron chi connectivity index (χ2n) is 12.3. The molecule has 4 aromatic rings. The molecule has 0 saturated carbocycles. The number of amides is 4. The molecule has 1 N–H and O–H groups in total. The Morgan fingerprint density at radius 2 is 1.48 bits per heavy atom. The largest absolute Gasteiger partial charge is 0.442 e. The SMILES string of the molecule is CC(C)c1nc(CN(C)C(=O)N[C@H](C(=O)N(CCCN(Cc2ccccc2)C(=O)OCc2nccs2)Cc2ccccc2)C(C)C)cs1. The van der Waals surface area contributed by atoms with E-state index in [2.05, 4.69) is 29.1 Å². The van der Waals surface area contributed by atoms with Crippen LogP contribution in [0.25, 0.3) is 0 Å². The fraction of sp³-hybridized carbons (Fsp3) is 0.417. The molecule has 0 spiro atoms. The summed E-state index contributed by atoms with van der Waals surface area (Å²) in [5, 5.41) is 8.57. The van der Waals surface area contributed by atoms with E-state index in [4.69, 9.17) is 4.74 Å². The average Bonchev–Trinajstić information content (AvgIpc) is 3.78. The zero-order valence-electron chi connectivity index (χ0n) is 28.4. The highest BCUT2D eigenvalue weighted by Crippen LogP contribution is 2.20. The first kappa shape index (κ1) is 36.5. The van der Waals surface area contributed by atoms with Crippen LogP contribution in [-0.4, -0.2) is 68.9 Å². The molecule has 2 aromatic heterocycles. The van der Waals surface area contributed by atoms with Crippen molar-refractivity contribution in [3.63, 3.8) is 0 Å². The van der Waals surface area contributed by atoms with E-state index < -0.39 is 12.1 Å². The summed E-state index contributed by atoms with van der Waals surface area (Å²) in [5.41, 5.74) is 2.78. The molecule has 10 nitrogen and oxygen atoms in total. The van der Waals surface area contributed by atoms with Crippen molar-refractivity contribution >= 4 is 40.7 Å². The first-order valence-corrected chi connectivity index (χ1v) is 18.0. The molecule has 2 aromatic carbocycles. The molecule has 4 rings (SSSR count). The van der Waals surface area contributed by atoms with E-state index in [9.17, 15) is 14.4 Å². The Kier molecular flexibility index (Phi) is 13.9. The monoisotopic (exact) mass is 690 g/mol. The zero-order valence-corrected chi connectivity index (χ0v) is 30.0. The molecule has 12 heteroatoms. The Labute approximate surface area is 291 Å². The van der Waals surface area contributed by atoms with Crippen molar-refractivity contribution < 1.29 is 19.1 Å². The van der Waals surface area contributed by atoms with Gasteiger partial charge in [-0.15, -0.1) is 22.7 Å². The van der Waals surface area contributed by atoms with Crippen LogP contribution >= 0.6 is 22.7 Å². The van der Waals surface area contributed by atoms with Gasteiger partial charge in [-0.25, -0.2) is 19.6 Å². The number of carbonyl (C=O) groups is 3. The van der Waals surface area contributed by atoms with Crippen molar-refractivity contribution in [1.82, 2.24) is 30.0 Å². The molecule has 0 unspecified atom stereocenters. The molecule has 0 aliphatic heterocycles. The smallest absolute Gasteiger partial charge is 0.410 e. The summed E-state index contributed by atoms with van der Waals surface area (Å²) < 4.78 is 5.61. The molecule has 0 radical (unpaired) electrons. The van der Waals surface area contributed by atoms with Crippen molar-refractivity contribution in [2.24, 2.45) is 5.92 Å². The number of carbonyl (C=O) groups excluding carboxylic acids is 3. The minimum atomic E-state index is -0.742. The van der Waals surface area contributed by atoms with Gasteiger partial charge in [0.1, 0.15) is 17.7 Å². The number of thiazole rings is 2. The minimum absolute atomic E-state index is 0.103. The zero-order chi connectivity index (χ0) is 34.5. The summed E-state index contributed by atoms with van der Waals surface area (Å²) in [6.07, 6.45) is 1.76. The Bertz CT molecular complexity index is 1560. The second-order valence-corrected chi connectivity index (χ2v) is 14.2. The summed E-state index contributed by atoms with van der Waals surface area (Å²) in [6.45, 7) is 9.99. The van der Waals surface area contributed by atoms with Crippen LogP contribution in [0.1, 0.15) is 66.9 Å². The van der Waals surface area contributed by atoms with Gasteiger partial charge in [-0.05, 0) is 23.5 Å². The summed E-state index contributed by atoms with van der Waals surface area (Å²) >= 11 is 3.02. The molecular weight excluding hydrogens is 645 g/mol. The Morgan fingerprint density at radius 3 is 2.04 bits per heavy atom. The van der Waals surface area contributed by atoms with Gasteiger partial charge in [-0.3, -0.25) is 4.79 Å². The number of urea groups is 1. The van der Waals surface area contributed by atoms with Gasteiger partial charge in [-0.1, -0.05) is 88.4 Å². The molecular formula is C36H46N6O4S2. The summed E-state index contributed by atoms with van der Waals surface area (Å²) in [4.78, 5) is 54.6. The fourth-order valence-corrected chi connectivity index (χ4v) is 6.38. The van der Waals surface area contributed by atoms with Crippen LogP contribution in [0.4, 0.5) is 9.59 Å². The molecule has 1 atom stereocenters. The lowest BCUT2D eigenvalue weighted by Gasteiger charge is -2.32. The van der Waals surface area contributed by atoms with E-state index in [-0.39, 0.29) is 24.5 Å². The van der Waals surface area contributed by atoms with Crippen molar-refractivity contribution in [2.45, 2.75) is 72.3 Å². The molecule has 2 heterocycles. The molecule has 4 amide bonds. The summed E-state index contributed by atoms with van der Waals surface area (Å²) in [5.74, 6) is -0.0105. The third-order valence-corrected chi connectivity index (χ3v) is 9.63. The summed E-state index contributed by atoms with van der Waals surface area (Å²) in [6, 6.07) is 18.5. The Morgan fingerprint density at radius 1 is 0.854 bits per heavy atom. The highest BCUT2D eigenvalue weighted by molar-refractivity contribution is 7.09. The third kappa shape index (κ3) is 11.2. The maximum Gasteiger partial charge on any atom is 0.410 e. The quantitative estimate of drug-likeness (QED) is 0.134. The average molecular weight is 691 g/mol. The van der Waals surface area contributed by atoms with E-state index in [0.717, 1.165) is 26.8 Å². The van der Waals surface area contributed by atoms with E-state index in [1.54, 1.807) is 39.3 Å². The van der Waals surface area contributed by atoms with Crippen LogP contribution in [0.5, 0.6) is 0 Å². The number of aromatic nitrogens is 2. The Hall–Kier alpha value is -4.29. The maximum absolute atomic E-state index is 14.2. The standard InChI is InChI=1S/C36H46N6O4S2/c1-26(2)32(39-35(44)40(5)23-30-25-48-33(38-30)27(3)4)34(43)41(21-28-13-8-6-9-14-28)18-12-19-42(22-29-15-10-7-11-16-29)36(45)46-24-31-37-17-20-47-31/h6-11,13-17,20,25-27,32H,12,18-19,21-24H2,1-5H3,(H,39,44)/t32-/m0/s1. The first-order chi connectivity index (χ1) is 23.1. The third-order valence-electron chi connectivity index (χ3n) is 7.68. The number of nitrogens with one attached hydrogen (secondary N) is 1. The predicted molar refractivity (Wildman–Crippen MR) is 190 cm³/mol. The van der Waals surface area contributed by atoms with Gasteiger partial charge in [-0.2, -0.15) is 0 Å². The molecule has 0 bridgehead atoms. The normalized spacial score (nSPS) is 11.7. The number of nitrogens with zero attached hydrogens (tertiary/aromatic N) is 5. The van der Waals surface area contributed by atoms with E-state index in [0.29, 0.717) is 45.1 Å². The second kappa shape index (κ2) is 18.3. The van der Waals surface area contributed by atoms with Gasteiger partial charge in [0.15, 0.2) is 0 Å². The fourth-order valence-electron chi connectivity index (χ4n) is 5.03. The topological polar surface area (TPSA) is 108 Å². The predicted octanol–water partition coefficient (Wildman–Crippen LogP) is 7.15. The number of hydrogen-bond donors (Lipinski definition) is 1. The van der Waals surface area contributed by atoms with E-state index >= 15 is 0 Å². The summed E-state index contributed by atoms with van der Waals surface area (Å²) in [7, 11) is 1.71. The van der Waals surface area contributed by atoms with Crippen LogP contribution in [0.15, 0.2) is 77.6 Å². The molecule has 0 fully saturated rings. The number of benzene rings is 2. The highest BCUT2D eigenvalue weighted by Gasteiger charge is 2.30. The molecule has 0 saturated heterocycles. The lowest BCUT2D eigenvalue weighted by Crippen LogP contribution is -2.54. The van der Waals surface area contributed by atoms with Gasteiger partial charge < -0.3 is 24.8 Å². The molecule has 0 aliphatic carbocycles. The molecule has 0 aliphatic rings. The molecule has 48 heavy (non-hydrogen) atoms. The lowest BCUT2D eigenvalue weighted by atomic mass is 10.0. The first-order valence-electron chi connectivity index (χ1n) is 16.2. The van der Waals surface area contributed by atoms with Crippen LogP contribution in [-0.2, 0) is 35.8 Å². The number of ether oxygens (including phenoxy) is 1. The minimum Gasteiger partial charge on any atom is -0.442 e. The van der Waals surface area contributed by atoms with Crippen LogP contribution in [0.2, 0.25) is 0 Å². The van der Waals surface area contributed by atoms with Gasteiger partial charge in [0, 0.05) is 56.1 Å². The van der Waals surface area contributed by atoms with Gasteiger partial charge in [0.25, 0.3) is 0 Å².